The van der Waals surface area contributed by atoms with Crippen LogP contribution in [-0.4, -0.2) is 86.8 Å². The Morgan fingerprint density at radius 3 is 2.40 bits per heavy atom. The zero-order valence-electron chi connectivity index (χ0n) is 17.5. The SMILES string of the molecule is CC(C)S(=O)(=O)c1ccc(N2CCN(C)CC2)cc1NC1=CC(=O)N(CCO)C1=O. The largest absolute Gasteiger partial charge is 0.395 e. The summed E-state index contributed by atoms with van der Waals surface area (Å²) >= 11 is 0. The van der Waals surface area contributed by atoms with Gasteiger partial charge in [0.25, 0.3) is 11.8 Å². The topological polar surface area (TPSA) is 110 Å². The quantitative estimate of drug-likeness (QED) is 0.587. The smallest absolute Gasteiger partial charge is 0.277 e. The number of rotatable bonds is 7. The van der Waals surface area contributed by atoms with E-state index in [-0.39, 0.29) is 29.4 Å². The number of aliphatic hydroxyl groups is 1. The summed E-state index contributed by atoms with van der Waals surface area (Å²) < 4.78 is 25.8. The summed E-state index contributed by atoms with van der Waals surface area (Å²) in [6.45, 7) is 6.13. The van der Waals surface area contributed by atoms with Gasteiger partial charge in [0.05, 0.1) is 29.0 Å². The Balaban J connectivity index is 1.97. The predicted octanol–water partition coefficient (Wildman–Crippen LogP) is 0.277. The zero-order chi connectivity index (χ0) is 22.1. The molecule has 2 heterocycles. The number of likely N-dealkylation sites (N-methyl/N-ethyl adjacent to an activating group) is 1. The number of hydrogen-bond acceptors (Lipinski definition) is 8. The molecule has 0 aliphatic carbocycles. The van der Waals surface area contributed by atoms with Crippen molar-refractivity contribution in [2.24, 2.45) is 0 Å². The van der Waals surface area contributed by atoms with Gasteiger partial charge in [-0.1, -0.05) is 0 Å². The standard InChI is InChI=1S/C20H28N4O5S/c1-14(2)30(28,29)18-5-4-15(23-8-6-22(3)7-9-23)12-16(18)21-17-13-19(26)24(10-11-25)20(17)27/h4-5,12-14,21,25H,6-11H2,1-3H3. The summed E-state index contributed by atoms with van der Waals surface area (Å²) in [6, 6.07) is 5.05. The minimum absolute atomic E-state index is 0.0100. The minimum Gasteiger partial charge on any atom is -0.395 e. The number of hydrogen-bond donors (Lipinski definition) is 2. The highest BCUT2D eigenvalue weighted by Crippen LogP contribution is 2.32. The number of imide groups is 1. The van der Waals surface area contributed by atoms with E-state index in [4.69, 9.17) is 5.11 Å². The van der Waals surface area contributed by atoms with Crippen molar-refractivity contribution in [3.8, 4) is 0 Å². The molecule has 2 N–H and O–H groups in total. The van der Waals surface area contributed by atoms with Gasteiger partial charge in [0.2, 0.25) is 0 Å². The molecule has 0 saturated carbocycles. The predicted molar refractivity (Wildman–Crippen MR) is 114 cm³/mol. The lowest BCUT2D eigenvalue weighted by Gasteiger charge is -2.34. The van der Waals surface area contributed by atoms with Crippen LogP contribution in [0.25, 0.3) is 0 Å². The molecule has 1 fully saturated rings. The second kappa shape index (κ2) is 8.75. The van der Waals surface area contributed by atoms with Crippen molar-refractivity contribution < 1.29 is 23.1 Å². The molecule has 3 rings (SSSR count). The Labute approximate surface area is 176 Å². The average Bonchev–Trinajstić information content (AvgIpc) is 2.96. The van der Waals surface area contributed by atoms with Crippen LogP contribution in [0, 0.1) is 0 Å². The summed E-state index contributed by atoms with van der Waals surface area (Å²) in [4.78, 5) is 30.0. The molecule has 1 aromatic carbocycles. The van der Waals surface area contributed by atoms with Crippen LogP contribution in [0.1, 0.15) is 13.8 Å². The average molecular weight is 437 g/mol. The number of nitrogens with zero attached hydrogens (tertiary/aromatic N) is 3. The van der Waals surface area contributed by atoms with Crippen LogP contribution in [0.4, 0.5) is 11.4 Å². The third kappa shape index (κ3) is 4.35. The molecule has 9 nitrogen and oxygen atoms in total. The molecule has 0 aromatic heterocycles. The molecule has 2 aliphatic heterocycles. The van der Waals surface area contributed by atoms with E-state index in [1.54, 1.807) is 32.0 Å². The van der Waals surface area contributed by atoms with Gasteiger partial charge in [-0.05, 0) is 39.1 Å². The van der Waals surface area contributed by atoms with E-state index >= 15 is 0 Å². The number of piperazine rings is 1. The first-order chi connectivity index (χ1) is 14.1. The van der Waals surface area contributed by atoms with E-state index in [0.717, 1.165) is 42.8 Å². The molecule has 0 unspecified atom stereocenters. The number of benzene rings is 1. The number of anilines is 2. The van der Waals surface area contributed by atoms with E-state index in [0.29, 0.717) is 0 Å². The number of β-amino-alcohol motifs (C(OH)–C–C–N with tert-alkyl or cyclic N) is 1. The summed E-state index contributed by atoms with van der Waals surface area (Å²) in [5, 5.41) is 11.3. The number of aliphatic hydroxyl groups excluding tert-OH is 1. The zero-order valence-corrected chi connectivity index (χ0v) is 18.3. The van der Waals surface area contributed by atoms with E-state index in [9.17, 15) is 18.0 Å². The van der Waals surface area contributed by atoms with Crippen LogP contribution in [0.15, 0.2) is 34.9 Å². The van der Waals surface area contributed by atoms with Crippen molar-refractivity contribution in [2.75, 3.05) is 56.6 Å². The highest BCUT2D eigenvalue weighted by Gasteiger charge is 2.32. The molecule has 2 aliphatic rings. The Kier molecular flexibility index (Phi) is 6.49. The van der Waals surface area contributed by atoms with Crippen molar-refractivity contribution in [1.82, 2.24) is 9.80 Å². The van der Waals surface area contributed by atoms with Gasteiger partial charge in [-0.3, -0.25) is 14.5 Å². The molecule has 0 spiro atoms. The minimum atomic E-state index is -3.63. The van der Waals surface area contributed by atoms with Gasteiger partial charge < -0.3 is 20.2 Å². The van der Waals surface area contributed by atoms with E-state index < -0.39 is 26.9 Å². The summed E-state index contributed by atoms with van der Waals surface area (Å²) in [7, 11) is -1.57. The number of amides is 2. The molecule has 10 heteroatoms. The third-order valence-electron chi connectivity index (χ3n) is 5.36. The molecule has 1 aromatic rings. The lowest BCUT2D eigenvalue weighted by molar-refractivity contribution is -0.137. The van der Waals surface area contributed by atoms with Crippen molar-refractivity contribution >= 4 is 33.0 Å². The molecular weight excluding hydrogens is 408 g/mol. The van der Waals surface area contributed by atoms with Crippen LogP contribution in [0.3, 0.4) is 0 Å². The van der Waals surface area contributed by atoms with E-state index in [2.05, 4.69) is 22.2 Å². The number of sulfone groups is 1. The van der Waals surface area contributed by atoms with Gasteiger partial charge in [0.1, 0.15) is 5.70 Å². The number of carbonyl (C=O) groups is 2. The van der Waals surface area contributed by atoms with E-state index in [1.165, 1.54) is 0 Å². The Hall–Kier alpha value is -2.43. The molecule has 164 valence electrons. The van der Waals surface area contributed by atoms with Crippen LogP contribution < -0.4 is 10.2 Å². The molecule has 1 saturated heterocycles. The van der Waals surface area contributed by atoms with Crippen molar-refractivity contribution in [3.05, 3.63) is 30.0 Å². The van der Waals surface area contributed by atoms with Gasteiger partial charge in [-0.25, -0.2) is 8.42 Å². The van der Waals surface area contributed by atoms with Crippen molar-refractivity contribution in [3.63, 3.8) is 0 Å². The van der Waals surface area contributed by atoms with Gasteiger partial charge in [0.15, 0.2) is 9.84 Å². The van der Waals surface area contributed by atoms with Crippen LogP contribution in [0.2, 0.25) is 0 Å². The Bertz CT molecular complexity index is 965. The van der Waals surface area contributed by atoms with Crippen LogP contribution in [0.5, 0.6) is 0 Å². The lowest BCUT2D eigenvalue weighted by atomic mass is 10.2. The second-order valence-electron chi connectivity index (χ2n) is 7.77. The van der Waals surface area contributed by atoms with E-state index in [1.807, 2.05) is 0 Å². The fraction of sp³-hybridized carbons (Fsp3) is 0.500. The first-order valence-electron chi connectivity index (χ1n) is 9.92. The molecule has 0 radical (unpaired) electrons. The monoisotopic (exact) mass is 436 g/mol. The van der Waals surface area contributed by atoms with Crippen molar-refractivity contribution in [1.29, 1.82) is 0 Å². The Morgan fingerprint density at radius 2 is 1.80 bits per heavy atom. The normalized spacial score (nSPS) is 18.4. The van der Waals surface area contributed by atoms with Gasteiger partial charge in [0, 0.05) is 37.9 Å². The second-order valence-corrected chi connectivity index (χ2v) is 10.2. The molecule has 2 amide bonds. The highest BCUT2D eigenvalue weighted by atomic mass is 32.2. The maximum absolute atomic E-state index is 12.9. The first-order valence-corrected chi connectivity index (χ1v) is 11.5. The van der Waals surface area contributed by atoms with Gasteiger partial charge in [-0.2, -0.15) is 0 Å². The molecule has 0 atom stereocenters. The summed E-state index contributed by atoms with van der Waals surface area (Å²) in [6.07, 6.45) is 1.13. The number of carbonyl (C=O) groups excluding carboxylic acids is 2. The summed E-state index contributed by atoms with van der Waals surface area (Å²) in [5.41, 5.74) is 1.10. The number of nitrogens with one attached hydrogen (secondary N) is 1. The van der Waals surface area contributed by atoms with Crippen LogP contribution in [-0.2, 0) is 19.4 Å². The van der Waals surface area contributed by atoms with Crippen molar-refractivity contribution in [2.45, 2.75) is 24.0 Å². The van der Waals surface area contributed by atoms with Gasteiger partial charge in [-0.15, -0.1) is 0 Å². The maximum Gasteiger partial charge on any atom is 0.277 e. The summed E-state index contributed by atoms with van der Waals surface area (Å²) in [5.74, 6) is -1.13. The maximum atomic E-state index is 12.9. The molecule has 0 bridgehead atoms. The third-order valence-corrected chi connectivity index (χ3v) is 7.57. The fourth-order valence-corrected chi connectivity index (χ4v) is 4.62. The lowest BCUT2D eigenvalue weighted by Crippen LogP contribution is -2.44. The van der Waals surface area contributed by atoms with Crippen LogP contribution >= 0.6 is 0 Å². The highest BCUT2D eigenvalue weighted by molar-refractivity contribution is 7.92. The van der Waals surface area contributed by atoms with Gasteiger partial charge >= 0.3 is 0 Å². The fourth-order valence-electron chi connectivity index (χ4n) is 3.43. The first kappa shape index (κ1) is 22.3. The Morgan fingerprint density at radius 1 is 1.13 bits per heavy atom. The molecule has 30 heavy (non-hydrogen) atoms. The molecular formula is C20H28N4O5S.